The van der Waals surface area contributed by atoms with E-state index in [1.807, 2.05) is 0 Å². The second-order valence-electron chi connectivity index (χ2n) is 7.20. The summed E-state index contributed by atoms with van der Waals surface area (Å²) in [4.78, 5) is 28.2. The molecule has 1 aromatic heterocycles. The van der Waals surface area contributed by atoms with E-state index in [2.05, 4.69) is 24.6 Å². The van der Waals surface area contributed by atoms with Gasteiger partial charge in [0.25, 0.3) is 5.91 Å². The Labute approximate surface area is 163 Å². The highest BCUT2D eigenvalue weighted by atomic mass is 35.5. The van der Waals surface area contributed by atoms with Gasteiger partial charge in [0.05, 0.1) is 19.2 Å². The fraction of sp³-hybridized carbons (Fsp3) is 0.471. The van der Waals surface area contributed by atoms with Crippen molar-refractivity contribution < 1.29 is 23.8 Å². The number of ether oxygens (including phenoxy) is 3. The third-order valence-electron chi connectivity index (χ3n) is 3.97. The molecule has 0 saturated heterocycles. The average Bonchev–Trinajstić information content (AvgIpc) is 2.97. The van der Waals surface area contributed by atoms with E-state index >= 15 is 0 Å². The lowest BCUT2D eigenvalue weighted by Crippen LogP contribution is -2.23. The molecule has 0 atom stereocenters. The molecule has 148 valence electrons. The standard InChI is InChI=1S/C17H24ClN3O5Si/c1-24-14-10(17(23)25-2)8-11(18)12-13(14)21(16(20-12)15(19)22)9-26-6-7-27(3,4)5/h8H,6-7,9H2,1-5H3,(H2,19,22). The molecule has 1 heterocycles. The van der Waals surface area contributed by atoms with Crippen molar-refractivity contribution in [1.29, 1.82) is 0 Å². The van der Waals surface area contributed by atoms with E-state index in [9.17, 15) is 9.59 Å². The van der Waals surface area contributed by atoms with Gasteiger partial charge < -0.3 is 19.9 Å². The van der Waals surface area contributed by atoms with Gasteiger partial charge in [-0.1, -0.05) is 31.2 Å². The molecule has 0 unspecified atom stereocenters. The molecule has 10 heteroatoms. The van der Waals surface area contributed by atoms with E-state index in [0.29, 0.717) is 17.6 Å². The molecule has 0 radical (unpaired) electrons. The number of aromatic nitrogens is 2. The van der Waals surface area contributed by atoms with E-state index in [4.69, 9.17) is 31.5 Å². The zero-order valence-electron chi connectivity index (χ0n) is 16.1. The Bertz CT molecular complexity index is 876. The molecule has 2 N–H and O–H groups in total. The Kier molecular flexibility index (Phi) is 6.50. The molecule has 2 rings (SSSR count). The highest BCUT2D eigenvalue weighted by Gasteiger charge is 2.26. The third kappa shape index (κ3) is 4.60. The Morgan fingerprint density at radius 1 is 1.30 bits per heavy atom. The monoisotopic (exact) mass is 413 g/mol. The fourth-order valence-corrected chi connectivity index (χ4v) is 3.55. The number of nitrogens with two attached hydrogens (primary N) is 1. The molecule has 0 saturated carbocycles. The number of benzene rings is 1. The smallest absolute Gasteiger partial charge is 0.341 e. The number of nitrogens with zero attached hydrogens (tertiary/aromatic N) is 2. The second kappa shape index (κ2) is 8.28. The first-order valence-corrected chi connectivity index (χ1v) is 12.4. The van der Waals surface area contributed by atoms with Crippen LogP contribution in [-0.4, -0.2) is 50.3 Å². The summed E-state index contributed by atoms with van der Waals surface area (Å²) in [5.74, 6) is -1.20. The van der Waals surface area contributed by atoms with Crippen molar-refractivity contribution in [1.82, 2.24) is 9.55 Å². The number of hydrogen-bond acceptors (Lipinski definition) is 6. The molecule has 8 nitrogen and oxygen atoms in total. The topological polar surface area (TPSA) is 106 Å². The number of fused-ring (bicyclic) bond motifs is 1. The number of imidazole rings is 1. The van der Waals surface area contributed by atoms with Crippen molar-refractivity contribution in [3.8, 4) is 5.75 Å². The minimum atomic E-state index is -1.27. The lowest BCUT2D eigenvalue weighted by atomic mass is 10.1. The highest BCUT2D eigenvalue weighted by Crippen LogP contribution is 2.36. The van der Waals surface area contributed by atoms with Crippen molar-refractivity contribution >= 4 is 42.6 Å². The number of hydrogen-bond donors (Lipinski definition) is 1. The predicted octanol–water partition coefficient (Wildman–Crippen LogP) is 2.90. The van der Waals surface area contributed by atoms with Crippen LogP contribution in [0.4, 0.5) is 0 Å². The number of methoxy groups -OCH3 is 2. The highest BCUT2D eigenvalue weighted by molar-refractivity contribution is 6.76. The number of esters is 1. The molecular formula is C17H24ClN3O5Si. The zero-order valence-corrected chi connectivity index (χ0v) is 17.8. The first-order valence-electron chi connectivity index (χ1n) is 8.33. The summed E-state index contributed by atoms with van der Waals surface area (Å²) in [5, 5.41) is 0.176. The first-order chi connectivity index (χ1) is 12.6. The van der Waals surface area contributed by atoms with Crippen LogP contribution in [0.5, 0.6) is 5.75 Å². The van der Waals surface area contributed by atoms with Crippen LogP contribution in [0.3, 0.4) is 0 Å². The van der Waals surface area contributed by atoms with E-state index in [-0.39, 0.29) is 28.9 Å². The number of carbonyl (C=O) groups excluding carboxylic acids is 2. The van der Waals surface area contributed by atoms with Crippen LogP contribution in [0, 0.1) is 0 Å². The summed E-state index contributed by atoms with van der Waals surface area (Å²) in [6.45, 7) is 7.27. The summed E-state index contributed by atoms with van der Waals surface area (Å²) >= 11 is 6.28. The Hall–Kier alpha value is -2.10. The Morgan fingerprint density at radius 3 is 2.48 bits per heavy atom. The molecule has 0 bridgehead atoms. The predicted molar refractivity (Wildman–Crippen MR) is 105 cm³/mol. The van der Waals surface area contributed by atoms with E-state index in [0.717, 1.165) is 6.04 Å². The van der Waals surface area contributed by atoms with Crippen molar-refractivity contribution in [2.24, 2.45) is 5.73 Å². The van der Waals surface area contributed by atoms with Crippen LogP contribution in [0.1, 0.15) is 21.0 Å². The van der Waals surface area contributed by atoms with Gasteiger partial charge >= 0.3 is 5.97 Å². The Balaban J connectivity index is 2.58. The largest absolute Gasteiger partial charge is 0.494 e. The van der Waals surface area contributed by atoms with Crippen molar-refractivity contribution in [2.45, 2.75) is 32.4 Å². The molecule has 0 aliphatic rings. The van der Waals surface area contributed by atoms with Crippen LogP contribution in [-0.2, 0) is 16.2 Å². The molecule has 2 aromatic rings. The summed E-state index contributed by atoms with van der Waals surface area (Å²) in [6, 6.07) is 2.35. The maximum absolute atomic E-state index is 12.1. The van der Waals surface area contributed by atoms with Crippen LogP contribution < -0.4 is 10.5 Å². The molecule has 0 spiro atoms. The van der Waals surface area contributed by atoms with E-state index in [1.54, 1.807) is 0 Å². The van der Waals surface area contributed by atoms with Gasteiger partial charge in [-0.05, 0) is 12.1 Å². The number of rotatable bonds is 8. The zero-order chi connectivity index (χ0) is 20.4. The van der Waals surface area contributed by atoms with Crippen LogP contribution in [0.15, 0.2) is 6.07 Å². The fourth-order valence-electron chi connectivity index (χ4n) is 2.55. The van der Waals surface area contributed by atoms with Crippen LogP contribution in [0.2, 0.25) is 30.7 Å². The summed E-state index contributed by atoms with van der Waals surface area (Å²) in [5.41, 5.74) is 6.24. The normalized spacial score (nSPS) is 11.6. The third-order valence-corrected chi connectivity index (χ3v) is 5.96. The number of amides is 1. The van der Waals surface area contributed by atoms with Crippen molar-refractivity contribution in [3.05, 3.63) is 22.5 Å². The lowest BCUT2D eigenvalue weighted by molar-refractivity contribution is 0.0597. The van der Waals surface area contributed by atoms with Crippen molar-refractivity contribution in [2.75, 3.05) is 20.8 Å². The maximum atomic E-state index is 12.1. The molecule has 0 aliphatic heterocycles. The lowest BCUT2D eigenvalue weighted by Gasteiger charge is -2.17. The average molecular weight is 414 g/mol. The summed E-state index contributed by atoms with van der Waals surface area (Å²) in [6.07, 6.45) is 0. The van der Waals surface area contributed by atoms with Gasteiger partial charge in [-0.2, -0.15) is 0 Å². The van der Waals surface area contributed by atoms with Gasteiger partial charge in [0.1, 0.15) is 23.3 Å². The number of carbonyl (C=O) groups is 2. The van der Waals surface area contributed by atoms with E-state index < -0.39 is 20.0 Å². The van der Waals surface area contributed by atoms with Gasteiger partial charge in [-0.15, -0.1) is 0 Å². The maximum Gasteiger partial charge on any atom is 0.341 e. The molecule has 0 fully saturated rings. The van der Waals surface area contributed by atoms with E-state index in [1.165, 1.54) is 24.9 Å². The first kappa shape index (κ1) is 21.2. The van der Waals surface area contributed by atoms with Gasteiger partial charge in [0.15, 0.2) is 5.75 Å². The van der Waals surface area contributed by atoms with Gasteiger partial charge in [-0.25, -0.2) is 9.78 Å². The number of halogens is 1. The Morgan fingerprint density at radius 2 is 1.96 bits per heavy atom. The summed E-state index contributed by atoms with van der Waals surface area (Å²) in [7, 11) is 1.39. The van der Waals surface area contributed by atoms with Crippen LogP contribution >= 0.6 is 11.6 Å². The van der Waals surface area contributed by atoms with Crippen molar-refractivity contribution in [3.63, 3.8) is 0 Å². The van der Waals surface area contributed by atoms with Gasteiger partial charge in [0, 0.05) is 14.7 Å². The minimum absolute atomic E-state index is 0.0244. The van der Waals surface area contributed by atoms with Gasteiger partial charge in [0.2, 0.25) is 5.82 Å². The van der Waals surface area contributed by atoms with Gasteiger partial charge in [-0.3, -0.25) is 9.36 Å². The minimum Gasteiger partial charge on any atom is -0.494 e. The molecular weight excluding hydrogens is 390 g/mol. The quantitative estimate of drug-likeness (QED) is 0.405. The summed E-state index contributed by atoms with van der Waals surface area (Å²) < 4.78 is 17.4. The number of primary amides is 1. The molecule has 1 amide bonds. The molecule has 27 heavy (non-hydrogen) atoms. The SMILES string of the molecule is COC(=O)c1cc(Cl)c2nc(C(N)=O)n(COCC[Si](C)(C)C)c2c1OC. The molecule has 0 aliphatic carbocycles. The van der Waals surface area contributed by atoms with Crippen LogP contribution in [0.25, 0.3) is 11.0 Å². The molecule has 1 aromatic carbocycles. The second-order valence-corrected chi connectivity index (χ2v) is 13.2.